The summed E-state index contributed by atoms with van der Waals surface area (Å²) in [7, 11) is 1.92. The predicted octanol–water partition coefficient (Wildman–Crippen LogP) is 1.17. The minimum absolute atomic E-state index is 0.184. The first kappa shape index (κ1) is 11.3. The molecule has 2 aromatic rings. The normalized spacial score (nSPS) is 10.2. The lowest BCUT2D eigenvalue weighted by Crippen LogP contribution is -2.06. The third kappa shape index (κ3) is 2.32. The van der Waals surface area contributed by atoms with Crippen molar-refractivity contribution in [1.29, 1.82) is 5.26 Å². The fraction of sp³-hybridized carbons (Fsp3) is 0.250. The smallest absolute Gasteiger partial charge is 0.252 e. The molecule has 1 aromatic heterocycles. The van der Waals surface area contributed by atoms with E-state index in [-0.39, 0.29) is 5.82 Å². The monoisotopic (exact) mass is 227 g/mol. The third-order valence-electron chi connectivity index (χ3n) is 2.48. The lowest BCUT2D eigenvalue weighted by molar-refractivity contribution is 0.812. The fourth-order valence-corrected chi connectivity index (χ4v) is 1.72. The van der Waals surface area contributed by atoms with Gasteiger partial charge in [0, 0.05) is 6.54 Å². The van der Waals surface area contributed by atoms with Crippen LogP contribution in [-0.4, -0.2) is 21.8 Å². The van der Waals surface area contributed by atoms with Crippen molar-refractivity contribution >= 4 is 0 Å². The van der Waals surface area contributed by atoms with E-state index in [1.165, 1.54) is 5.56 Å². The van der Waals surface area contributed by atoms with Crippen LogP contribution in [0, 0.1) is 18.3 Å². The zero-order valence-electron chi connectivity index (χ0n) is 9.81. The second-order valence-electron chi connectivity index (χ2n) is 3.78. The Bertz CT molecular complexity index is 565. The fourth-order valence-electron chi connectivity index (χ4n) is 1.72. The molecule has 0 radical (unpaired) electrons. The first-order chi connectivity index (χ1) is 8.24. The van der Waals surface area contributed by atoms with Gasteiger partial charge < -0.3 is 5.32 Å². The quantitative estimate of drug-likeness (QED) is 0.854. The molecule has 0 aliphatic carbocycles. The zero-order valence-corrected chi connectivity index (χ0v) is 9.81. The van der Waals surface area contributed by atoms with E-state index >= 15 is 0 Å². The van der Waals surface area contributed by atoms with Crippen molar-refractivity contribution in [1.82, 2.24) is 20.1 Å². The summed E-state index contributed by atoms with van der Waals surface area (Å²) in [4.78, 5) is 3.89. The number of benzene rings is 1. The molecule has 17 heavy (non-hydrogen) atoms. The summed E-state index contributed by atoms with van der Waals surface area (Å²) in [6.07, 6.45) is 1.55. The predicted molar refractivity (Wildman–Crippen MR) is 63.6 cm³/mol. The number of hydrogen-bond donors (Lipinski definition) is 1. The van der Waals surface area contributed by atoms with Gasteiger partial charge in [0.15, 0.2) is 0 Å². The van der Waals surface area contributed by atoms with E-state index in [9.17, 15) is 0 Å². The van der Waals surface area contributed by atoms with Gasteiger partial charge in [-0.1, -0.05) is 12.1 Å². The number of aryl methyl sites for hydroxylation is 1. The first-order valence-electron chi connectivity index (χ1n) is 5.31. The second kappa shape index (κ2) is 4.76. The van der Waals surface area contributed by atoms with Crippen molar-refractivity contribution in [2.75, 3.05) is 7.05 Å². The van der Waals surface area contributed by atoms with Crippen molar-refractivity contribution in [3.63, 3.8) is 0 Å². The second-order valence-corrected chi connectivity index (χ2v) is 3.78. The van der Waals surface area contributed by atoms with Crippen LogP contribution in [-0.2, 0) is 6.54 Å². The van der Waals surface area contributed by atoms with Gasteiger partial charge in [0.2, 0.25) is 0 Å². The molecule has 0 spiro atoms. The minimum Gasteiger partial charge on any atom is -0.316 e. The van der Waals surface area contributed by atoms with Gasteiger partial charge in [-0.15, -0.1) is 5.10 Å². The highest BCUT2D eigenvalue weighted by atomic mass is 15.3. The van der Waals surface area contributed by atoms with E-state index in [0.717, 1.165) is 17.8 Å². The van der Waals surface area contributed by atoms with E-state index < -0.39 is 0 Å². The molecule has 0 saturated heterocycles. The maximum atomic E-state index is 8.68. The summed E-state index contributed by atoms with van der Waals surface area (Å²) in [5.74, 6) is 0.184. The summed E-state index contributed by atoms with van der Waals surface area (Å²) in [5.41, 5.74) is 3.26. The molecule has 0 aliphatic heterocycles. The molecular formula is C12H13N5. The Hall–Kier alpha value is -2.19. The maximum Gasteiger partial charge on any atom is 0.252 e. The highest BCUT2D eigenvalue weighted by Gasteiger charge is 2.05. The van der Waals surface area contributed by atoms with Crippen LogP contribution in [0.2, 0.25) is 0 Å². The van der Waals surface area contributed by atoms with Gasteiger partial charge in [-0.2, -0.15) is 5.26 Å². The summed E-state index contributed by atoms with van der Waals surface area (Å²) < 4.78 is 1.62. The van der Waals surface area contributed by atoms with Gasteiger partial charge in [-0.25, -0.2) is 9.67 Å². The molecule has 0 unspecified atom stereocenters. The van der Waals surface area contributed by atoms with Crippen molar-refractivity contribution in [3.8, 4) is 11.8 Å². The van der Waals surface area contributed by atoms with Crippen molar-refractivity contribution in [3.05, 3.63) is 41.5 Å². The first-order valence-corrected chi connectivity index (χ1v) is 5.31. The SMILES string of the molecule is CNCc1ccc(-n2cnc(C#N)n2)c(C)c1. The highest BCUT2D eigenvalue weighted by Crippen LogP contribution is 2.14. The molecular weight excluding hydrogens is 214 g/mol. The number of nitrogens with one attached hydrogen (secondary N) is 1. The number of rotatable bonds is 3. The Balaban J connectivity index is 2.36. The third-order valence-corrected chi connectivity index (χ3v) is 2.48. The summed E-state index contributed by atoms with van der Waals surface area (Å²) in [6, 6.07) is 8.03. The van der Waals surface area contributed by atoms with Gasteiger partial charge in [0.25, 0.3) is 5.82 Å². The maximum absolute atomic E-state index is 8.68. The largest absolute Gasteiger partial charge is 0.316 e. The number of nitrogens with zero attached hydrogens (tertiary/aromatic N) is 4. The van der Waals surface area contributed by atoms with Gasteiger partial charge in [0.05, 0.1) is 5.69 Å². The molecule has 2 rings (SSSR count). The minimum atomic E-state index is 0.184. The summed E-state index contributed by atoms with van der Waals surface area (Å²) >= 11 is 0. The highest BCUT2D eigenvalue weighted by molar-refractivity contribution is 5.42. The van der Waals surface area contributed by atoms with Crippen LogP contribution in [0.15, 0.2) is 24.5 Å². The van der Waals surface area contributed by atoms with Crippen molar-refractivity contribution in [2.24, 2.45) is 0 Å². The average Bonchev–Trinajstić information content (AvgIpc) is 2.78. The molecule has 0 atom stereocenters. The standard InChI is InChI=1S/C12H13N5/c1-9-5-10(7-14-2)3-4-11(9)17-8-15-12(6-13)16-17/h3-5,8,14H,7H2,1-2H3. The Morgan fingerprint density at radius 3 is 2.88 bits per heavy atom. The van der Waals surface area contributed by atoms with Crippen LogP contribution in [0.5, 0.6) is 0 Å². The van der Waals surface area contributed by atoms with Gasteiger partial charge >= 0.3 is 0 Å². The Labute approximate surface area is 99.7 Å². The van der Waals surface area contributed by atoms with Gasteiger partial charge in [-0.3, -0.25) is 0 Å². The molecule has 0 saturated carbocycles. The Kier molecular flexibility index (Phi) is 3.17. The van der Waals surface area contributed by atoms with Gasteiger partial charge in [-0.05, 0) is 31.2 Å². The van der Waals surface area contributed by atoms with Crippen LogP contribution in [0.4, 0.5) is 0 Å². The Morgan fingerprint density at radius 2 is 2.29 bits per heavy atom. The lowest BCUT2D eigenvalue weighted by Gasteiger charge is -2.07. The van der Waals surface area contributed by atoms with Crippen LogP contribution in [0.1, 0.15) is 17.0 Å². The van der Waals surface area contributed by atoms with Crippen LogP contribution >= 0.6 is 0 Å². The molecule has 0 amide bonds. The average molecular weight is 227 g/mol. The van der Waals surface area contributed by atoms with E-state index in [4.69, 9.17) is 5.26 Å². The molecule has 86 valence electrons. The zero-order chi connectivity index (χ0) is 12.3. The molecule has 0 fully saturated rings. The van der Waals surface area contributed by atoms with Crippen LogP contribution in [0.3, 0.4) is 0 Å². The van der Waals surface area contributed by atoms with E-state index in [2.05, 4.69) is 21.5 Å². The molecule has 5 heteroatoms. The van der Waals surface area contributed by atoms with Gasteiger partial charge in [0.1, 0.15) is 12.4 Å². The number of hydrogen-bond acceptors (Lipinski definition) is 4. The molecule has 1 aromatic carbocycles. The molecule has 0 bridgehead atoms. The summed E-state index contributed by atoms with van der Waals surface area (Å²) in [5, 5.41) is 15.9. The number of nitriles is 1. The molecule has 5 nitrogen and oxygen atoms in total. The molecule has 1 heterocycles. The van der Waals surface area contributed by atoms with Crippen molar-refractivity contribution < 1.29 is 0 Å². The number of aromatic nitrogens is 3. The summed E-state index contributed by atoms with van der Waals surface area (Å²) in [6.45, 7) is 2.85. The topological polar surface area (TPSA) is 66.5 Å². The van der Waals surface area contributed by atoms with E-state index in [0.29, 0.717) is 0 Å². The van der Waals surface area contributed by atoms with Crippen LogP contribution < -0.4 is 5.32 Å². The Morgan fingerprint density at radius 1 is 1.47 bits per heavy atom. The lowest BCUT2D eigenvalue weighted by atomic mass is 10.1. The molecule has 0 aliphatic rings. The van der Waals surface area contributed by atoms with Crippen LogP contribution in [0.25, 0.3) is 5.69 Å². The van der Waals surface area contributed by atoms with Crippen molar-refractivity contribution in [2.45, 2.75) is 13.5 Å². The van der Waals surface area contributed by atoms with E-state index in [1.54, 1.807) is 11.0 Å². The van der Waals surface area contributed by atoms with E-state index in [1.807, 2.05) is 32.2 Å². The molecule has 1 N–H and O–H groups in total.